The summed E-state index contributed by atoms with van der Waals surface area (Å²) in [6.45, 7) is 8.50. The first-order valence-electron chi connectivity index (χ1n) is 10.6. The maximum Gasteiger partial charge on any atom is 0.315 e. The molecule has 6 heteroatoms. The minimum Gasteiger partial charge on any atom is -0.493 e. The van der Waals surface area contributed by atoms with Crippen molar-refractivity contribution >= 4 is 6.03 Å². The summed E-state index contributed by atoms with van der Waals surface area (Å²) < 4.78 is 11.1. The Morgan fingerprint density at radius 2 is 1.90 bits per heavy atom. The van der Waals surface area contributed by atoms with Crippen LogP contribution in [0.3, 0.4) is 0 Å². The van der Waals surface area contributed by atoms with Gasteiger partial charge >= 0.3 is 6.03 Å². The van der Waals surface area contributed by atoms with Crippen molar-refractivity contribution in [2.75, 3.05) is 27.3 Å². The van der Waals surface area contributed by atoms with Crippen LogP contribution in [0.4, 0.5) is 4.79 Å². The lowest BCUT2D eigenvalue weighted by molar-refractivity contribution is -0.945. The van der Waals surface area contributed by atoms with Crippen molar-refractivity contribution in [3.63, 3.8) is 0 Å². The average molecular weight is 413 g/mol. The molecule has 0 bridgehead atoms. The summed E-state index contributed by atoms with van der Waals surface area (Å²) in [5.41, 5.74) is 5.05. The third-order valence-corrected chi connectivity index (χ3v) is 5.63. The minimum absolute atomic E-state index is 0.101. The smallest absolute Gasteiger partial charge is 0.315 e. The van der Waals surface area contributed by atoms with E-state index < -0.39 is 0 Å². The third kappa shape index (κ3) is 5.25. The van der Waals surface area contributed by atoms with Crippen molar-refractivity contribution in [2.45, 2.75) is 45.8 Å². The molecule has 1 heterocycles. The Bertz CT molecular complexity index is 882. The Morgan fingerprint density at radius 1 is 1.17 bits per heavy atom. The van der Waals surface area contributed by atoms with Crippen LogP contribution in [-0.4, -0.2) is 39.4 Å². The van der Waals surface area contributed by atoms with Crippen LogP contribution in [0.5, 0.6) is 11.5 Å². The summed E-state index contributed by atoms with van der Waals surface area (Å²) in [6, 6.07) is 12.9. The predicted molar refractivity (Wildman–Crippen MR) is 118 cm³/mol. The summed E-state index contributed by atoms with van der Waals surface area (Å²) in [7, 11) is 3.32. The monoisotopic (exact) mass is 412 g/mol. The van der Waals surface area contributed by atoms with Crippen molar-refractivity contribution in [2.24, 2.45) is 0 Å². The first-order chi connectivity index (χ1) is 14.4. The number of nitrogens with one attached hydrogen (secondary N) is 3. The van der Waals surface area contributed by atoms with E-state index in [1.54, 1.807) is 14.2 Å². The van der Waals surface area contributed by atoms with E-state index in [0.29, 0.717) is 6.54 Å². The van der Waals surface area contributed by atoms with Gasteiger partial charge in [0.15, 0.2) is 11.5 Å². The molecule has 0 radical (unpaired) electrons. The van der Waals surface area contributed by atoms with E-state index in [-0.39, 0.29) is 18.1 Å². The fourth-order valence-electron chi connectivity index (χ4n) is 4.23. The molecule has 162 valence electrons. The number of carbonyl (C=O) groups is 1. The molecule has 0 saturated heterocycles. The van der Waals surface area contributed by atoms with E-state index in [9.17, 15) is 4.79 Å². The molecule has 1 aliphatic rings. The zero-order valence-corrected chi connectivity index (χ0v) is 18.7. The number of fused-ring (bicyclic) bond motifs is 1. The van der Waals surface area contributed by atoms with Crippen LogP contribution in [0.1, 0.15) is 42.1 Å². The highest BCUT2D eigenvalue weighted by atomic mass is 16.5. The number of hydrogen-bond donors (Lipinski definition) is 3. The summed E-state index contributed by atoms with van der Waals surface area (Å²) in [5.74, 6) is 1.48. The SMILES string of the molecule is COc1cc2c(cc1OC)[C@@H](CNC(=O)NC(C)C)[NH+](Cc1cccc(C)c1)CC2. The van der Waals surface area contributed by atoms with E-state index in [1.165, 1.54) is 27.2 Å². The second-order valence-corrected chi connectivity index (χ2v) is 8.29. The first-order valence-corrected chi connectivity index (χ1v) is 10.6. The molecule has 2 atom stereocenters. The second-order valence-electron chi connectivity index (χ2n) is 8.29. The van der Waals surface area contributed by atoms with Crippen molar-refractivity contribution in [1.29, 1.82) is 0 Å². The summed E-state index contributed by atoms with van der Waals surface area (Å²) >= 11 is 0. The number of methoxy groups -OCH3 is 2. The van der Waals surface area contributed by atoms with Crippen molar-refractivity contribution in [3.8, 4) is 11.5 Å². The minimum atomic E-state index is -0.132. The molecule has 1 aliphatic heterocycles. The first kappa shape index (κ1) is 22.0. The molecule has 1 unspecified atom stereocenters. The molecular weight excluding hydrogens is 378 g/mol. The van der Waals surface area contributed by atoms with Gasteiger partial charge in [-0.15, -0.1) is 0 Å². The number of amides is 2. The van der Waals surface area contributed by atoms with Crippen LogP contribution >= 0.6 is 0 Å². The molecule has 6 nitrogen and oxygen atoms in total. The van der Waals surface area contributed by atoms with Gasteiger partial charge in [-0.1, -0.05) is 29.8 Å². The Labute approximate surface area is 179 Å². The van der Waals surface area contributed by atoms with Gasteiger partial charge in [0.25, 0.3) is 0 Å². The number of ether oxygens (including phenoxy) is 2. The number of urea groups is 1. The van der Waals surface area contributed by atoms with Gasteiger partial charge in [0.1, 0.15) is 12.6 Å². The van der Waals surface area contributed by atoms with E-state index >= 15 is 0 Å². The van der Waals surface area contributed by atoms with Crippen LogP contribution in [0.2, 0.25) is 0 Å². The number of quaternary nitrogens is 1. The van der Waals surface area contributed by atoms with Gasteiger partial charge in [-0.2, -0.15) is 0 Å². The van der Waals surface area contributed by atoms with Crippen LogP contribution in [0.25, 0.3) is 0 Å². The molecule has 30 heavy (non-hydrogen) atoms. The lowest BCUT2D eigenvalue weighted by Gasteiger charge is -2.35. The zero-order chi connectivity index (χ0) is 21.7. The molecule has 3 N–H and O–H groups in total. The van der Waals surface area contributed by atoms with Crippen molar-refractivity contribution < 1.29 is 19.2 Å². The van der Waals surface area contributed by atoms with Gasteiger partial charge in [0.05, 0.1) is 27.3 Å². The van der Waals surface area contributed by atoms with Gasteiger partial charge in [0, 0.05) is 23.6 Å². The Hall–Kier alpha value is -2.73. The fourth-order valence-corrected chi connectivity index (χ4v) is 4.23. The standard InChI is InChI=1S/C24H33N3O3/c1-16(2)26-24(28)25-14-21-20-13-23(30-5)22(29-4)12-19(20)9-10-27(21)15-18-8-6-7-17(3)11-18/h6-8,11-13,16,21H,9-10,14-15H2,1-5H3,(H2,25,26,28)/p+1/t21-/m1/s1. The number of rotatable bonds is 7. The predicted octanol–water partition coefficient (Wildman–Crippen LogP) is 2.40. The fraction of sp³-hybridized carbons (Fsp3) is 0.458. The highest BCUT2D eigenvalue weighted by Gasteiger charge is 2.33. The lowest BCUT2D eigenvalue weighted by atomic mass is 9.91. The molecule has 0 fully saturated rings. The van der Waals surface area contributed by atoms with E-state index in [0.717, 1.165) is 31.0 Å². The van der Waals surface area contributed by atoms with Gasteiger partial charge in [0.2, 0.25) is 0 Å². The number of carbonyl (C=O) groups excluding carboxylic acids is 1. The second kappa shape index (κ2) is 9.85. The quantitative estimate of drug-likeness (QED) is 0.654. The zero-order valence-electron chi connectivity index (χ0n) is 18.7. The Kier molecular flexibility index (Phi) is 7.21. The summed E-state index contributed by atoms with van der Waals surface area (Å²) in [4.78, 5) is 13.7. The lowest BCUT2D eigenvalue weighted by Crippen LogP contribution is -3.12. The number of hydrogen-bond acceptors (Lipinski definition) is 3. The average Bonchev–Trinajstić information content (AvgIpc) is 2.71. The maximum atomic E-state index is 12.3. The number of aryl methyl sites for hydroxylation is 1. The van der Waals surface area contributed by atoms with E-state index in [4.69, 9.17) is 9.47 Å². The van der Waals surface area contributed by atoms with Crippen LogP contribution < -0.4 is 25.0 Å². The molecule has 0 saturated carbocycles. The van der Waals surface area contributed by atoms with E-state index in [2.05, 4.69) is 54.0 Å². The van der Waals surface area contributed by atoms with Gasteiger partial charge < -0.3 is 25.0 Å². The van der Waals surface area contributed by atoms with E-state index in [1.807, 2.05) is 13.8 Å². The molecule has 3 rings (SSSR count). The molecule has 0 aromatic heterocycles. The molecule has 0 spiro atoms. The maximum absolute atomic E-state index is 12.3. The highest BCUT2D eigenvalue weighted by Crippen LogP contribution is 2.34. The normalized spacial score (nSPS) is 17.9. The number of benzene rings is 2. The largest absolute Gasteiger partial charge is 0.493 e. The van der Waals surface area contributed by atoms with Crippen LogP contribution in [0.15, 0.2) is 36.4 Å². The molecular formula is C24H34N3O3+. The van der Waals surface area contributed by atoms with Gasteiger partial charge in [-0.3, -0.25) is 0 Å². The van der Waals surface area contributed by atoms with Crippen LogP contribution in [0, 0.1) is 6.92 Å². The molecule has 2 aromatic carbocycles. The van der Waals surface area contributed by atoms with Gasteiger partial charge in [-0.05, 0) is 38.5 Å². The third-order valence-electron chi connectivity index (χ3n) is 5.63. The van der Waals surface area contributed by atoms with Crippen LogP contribution in [-0.2, 0) is 13.0 Å². The molecule has 0 aliphatic carbocycles. The molecule has 2 aromatic rings. The van der Waals surface area contributed by atoms with Crippen molar-refractivity contribution in [3.05, 3.63) is 58.7 Å². The van der Waals surface area contributed by atoms with Crippen molar-refractivity contribution in [1.82, 2.24) is 10.6 Å². The summed E-state index contributed by atoms with van der Waals surface area (Å²) in [6.07, 6.45) is 0.964. The molecule has 2 amide bonds. The highest BCUT2D eigenvalue weighted by molar-refractivity contribution is 5.74. The Morgan fingerprint density at radius 3 is 2.57 bits per heavy atom. The van der Waals surface area contributed by atoms with Gasteiger partial charge in [-0.25, -0.2) is 4.79 Å². The summed E-state index contributed by atoms with van der Waals surface area (Å²) in [5, 5.41) is 5.99. The Balaban J connectivity index is 1.89. The topological polar surface area (TPSA) is 64.0 Å².